The number of hydrogen-bond acceptors (Lipinski definition) is 7. The van der Waals surface area contributed by atoms with Crippen LogP contribution in [0.5, 0.6) is 11.6 Å². The van der Waals surface area contributed by atoms with Gasteiger partial charge in [0.2, 0.25) is 23.6 Å². The number of rotatable bonds is 7. The molecule has 3 aromatic rings. The number of benzene rings is 2. The Hall–Kier alpha value is -4.11. The first kappa shape index (κ1) is 24.0. The lowest BCUT2D eigenvalue weighted by Crippen LogP contribution is -2.48. The fraction of sp³-hybridized carbons (Fsp3) is 0.200. The number of carbonyl (C=O) groups is 2. The smallest absolute Gasteiger partial charge is 0.247 e. The number of halogens is 1. The van der Waals surface area contributed by atoms with Gasteiger partial charge in [0.25, 0.3) is 0 Å². The van der Waals surface area contributed by atoms with Crippen LogP contribution in [0.3, 0.4) is 0 Å². The molecule has 180 valence electrons. The molecule has 1 fully saturated rings. The maximum Gasteiger partial charge on any atom is 0.247 e. The van der Waals surface area contributed by atoms with Crippen LogP contribution in [0, 0.1) is 0 Å². The third kappa shape index (κ3) is 6.07. The van der Waals surface area contributed by atoms with Crippen LogP contribution in [0.4, 0.5) is 23.0 Å². The third-order valence-electron chi connectivity index (χ3n) is 5.44. The quantitative estimate of drug-likeness (QED) is 0.470. The van der Waals surface area contributed by atoms with Gasteiger partial charge in [-0.1, -0.05) is 36.4 Å². The fourth-order valence-corrected chi connectivity index (χ4v) is 3.75. The van der Waals surface area contributed by atoms with Crippen LogP contribution in [0.15, 0.2) is 67.4 Å². The standard InChI is InChI=1S/C25H25ClN6O3/c1-3-23(34)29-21-9-4-5-10-22(21)35-24-20(26)16-27-25(30-24)28-18-7-6-8-19(15-18)32-13-11-31(12-14-32)17(2)33/h3-10,15-16H,1,11-14H2,2H3,(H,29,34)(H,27,28,30). The van der Waals surface area contributed by atoms with E-state index < -0.39 is 0 Å². The Morgan fingerprint density at radius 1 is 1.11 bits per heavy atom. The van der Waals surface area contributed by atoms with E-state index in [9.17, 15) is 9.59 Å². The molecule has 4 rings (SSSR count). The first-order valence-electron chi connectivity index (χ1n) is 11.0. The van der Waals surface area contributed by atoms with Gasteiger partial charge in [-0.05, 0) is 36.4 Å². The molecule has 35 heavy (non-hydrogen) atoms. The Labute approximate surface area is 208 Å². The van der Waals surface area contributed by atoms with Gasteiger partial charge in [0.05, 0.1) is 11.9 Å². The molecular formula is C25H25ClN6O3. The molecule has 0 bridgehead atoms. The predicted octanol–water partition coefficient (Wildman–Crippen LogP) is 4.46. The summed E-state index contributed by atoms with van der Waals surface area (Å²) in [5.41, 5.74) is 2.29. The van der Waals surface area contributed by atoms with Gasteiger partial charge in [0.15, 0.2) is 5.75 Å². The molecule has 0 radical (unpaired) electrons. The maximum absolute atomic E-state index is 11.7. The molecule has 2 amide bonds. The van der Waals surface area contributed by atoms with Crippen LogP contribution in [0.25, 0.3) is 0 Å². The summed E-state index contributed by atoms with van der Waals surface area (Å²) in [7, 11) is 0. The van der Waals surface area contributed by atoms with Crippen molar-refractivity contribution < 1.29 is 14.3 Å². The number of piperazine rings is 1. The monoisotopic (exact) mass is 492 g/mol. The molecule has 0 unspecified atom stereocenters. The van der Waals surface area contributed by atoms with E-state index >= 15 is 0 Å². The lowest BCUT2D eigenvalue weighted by Gasteiger charge is -2.35. The largest absolute Gasteiger partial charge is 0.435 e. The van der Waals surface area contributed by atoms with E-state index in [1.165, 1.54) is 12.3 Å². The first-order chi connectivity index (χ1) is 16.9. The van der Waals surface area contributed by atoms with Crippen molar-refractivity contribution in [1.29, 1.82) is 0 Å². The Balaban J connectivity index is 1.49. The van der Waals surface area contributed by atoms with Crippen molar-refractivity contribution in [1.82, 2.24) is 14.9 Å². The fourth-order valence-electron chi connectivity index (χ4n) is 3.62. The topological polar surface area (TPSA) is 99.7 Å². The average Bonchev–Trinajstić information content (AvgIpc) is 2.87. The minimum absolute atomic E-state index is 0.101. The van der Waals surface area contributed by atoms with Crippen LogP contribution >= 0.6 is 11.6 Å². The minimum Gasteiger partial charge on any atom is -0.435 e. The number of nitrogens with one attached hydrogen (secondary N) is 2. The Morgan fingerprint density at radius 3 is 2.63 bits per heavy atom. The molecule has 0 atom stereocenters. The zero-order valence-electron chi connectivity index (χ0n) is 19.2. The van der Waals surface area contributed by atoms with Crippen molar-refractivity contribution in [2.24, 2.45) is 0 Å². The molecule has 2 N–H and O–H groups in total. The van der Waals surface area contributed by atoms with E-state index in [0.717, 1.165) is 24.5 Å². The molecule has 0 aliphatic carbocycles. The molecule has 0 saturated carbocycles. The SMILES string of the molecule is C=CC(=O)Nc1ccccc1Oc1nc(Nc2cccc(N3CCN(C(C)=O)CC3)c2)ncc1Cl. The minimum atomic E-state index is -0.361. The van der Waals surface area contributed by atoms with Crippen LogP contribution in [0.1, 0.15) is 6.92 Å². The summed E-state index contributed by atoms with van der Waals surface area (Å²) < 4.78 is 5.90. The molecular weight excluding hydrogens is 468 g/mol. The lowest BCUT2D eigenvalue weighted by molar-refractivity contribution is -0.129. The summed E-state index contributed by atoms with van der Waals surface area (Å²) in [5.74, 6) is 0.556. The Morgan fingerprint density at radius 2 is 1.89 bits per heavy atom. The van der Waals surface area contributed by atoms with Crippen LogP contribution in [-0.4, -0.2) is 52.9 Å². The van der Waals surface area contributed by atoms with Crippen molar-refractivity contribution in [3.05, 3.63) is 72.4 Å². The summed E-state index contributed by atoms with van der Waals surface area (Å²) in [6.45, 7) is 7.98. The highest BCUT2D eigenvalue weighted by atomic mass is 35.5. The van der Waals surface area contributed by atoms with E-state index in [4.69, 9.17) is 16.3 Å². The van der Waals surface area contributed by atoms with Crippen LogP contribution < -0.4 is 20.3 Å². The highest BCUT2D eigenvalue weighted by Gasteiger charge is 2.19. The molecule has 10 heteroatoms. The highest BCUT2D eigenvalue weighted by Crippen LogP contribution is 2.33. The number of ether oxygens (including phenoxy) is 1. The summed E-state index contributed by atoms with van der Waals surface area (Å²) in [6.07, 6.45) is 2.62. The van der Waals surface area contributed by atoms with Crippen molar-refractivity contribution in [2.75, 3.05) is 41.7 Å². The number of anilines is 4. The molecule has 1 saturated heterocycles. The van der Waals surface area contributed by atoms with Gasteiger partial charge in [-0.2, -0.15) is 4.98 Å². The molecule has 2 heterocycles. The van der Waals surface area contributed by atoms with Gasteiger partial charge in [0, 0.05) is 44.5 Å². The summed E-state index contributed by atoms with van der Waals surface area (Å²) >= 11 is 6.28. The first-order valence-corrected chi connectivity index (χ1v) is 11.4. The number of hydrogen-bond donors (Lipinski definition) is 2. The van der Waals surface area contributed by atoms with E-state index in [1.54, 1.807) is 31.2 Å². The van der Waals surface area contributed by atoms with E-state index in [0.29, 0.717) is 30.5 Å². The summed E-state index contributed by atoms with van der Waals surface area (Å²) in [4.78, 5) is 36.1. The van der Waals surface area contributed by atoms with Gasteiger partial charge in [-0.3, -0.25) is 9.59 Å². The van der Waals surface area contributed by atoms with Crippen molar-refractivity contribution in [3.8, 4) is 11.6 Å². The zero-order chi connectivity index (χ0) is 24.8. The van der Waals surface area contributed by atoms with Crippen LogP contribution in [0.2, 0.25) is 5.02 Å². The third-order valence-corrected chi connectivity index (χ3v) is 5.70. The van der Waals surface area contributed by atoms with Gasteiger partial charge < -0.3 is 25.2 Å². The second kappa shape index (κ2) is 10.9. The molecule has 9 nitrogen and oxygen atoms in total. The van der Waals surface area contributed by atoms with E-state index in [1.807, 2.05) is 29.2 Å². The van der Waals surface area contributed by atoms with E-state index in [-0.39, 0.29) is 22.7 Å². The van der Waals surface area contributed by atoms with Crippen molar-refractivity contribution in [2.45, 2.75) is 6.92 Å². The van der Waals surface area contributed by atoms with Crippen molar-refractivity contribution in [3.63, 3.8) is 0 Å². The van der Waals surface area contributed by atoms with Gasteiger partial charge in [0.1, 0.15) is 5.02 Å². The average molecular weight is 493 g/mol. The van der Waals surface area contributed by atoms with Gasteiger partial charge in [-0.25, -0.2) is 4.98 Å². The van der Waals surface area contributed by atoms with Gasteiger partial charge in [-0.15, -0.1) is 0 Å². The number of amides is 2. The number of aromatic nitrogens is 2. The summed E-state index contributed by atoms with van der Waals surface area (Å²) in [6, 6.07) is 14.8. The molecule has 1 aliphatic heterocycles. The number of carbonyl (C=O) groups excluding carboxylic acids is 2. The van der Waals surface area contributed by atoms with Crippen molar-refractivity contribution >= 4 is 46.4 Å². The molecule has 2 aromatic carbocycles. The highest BCUT2D eigenvalue weighted by molar-refractivity contribution is 6.31. The summed E-state index contributed by atoms with van der Waals surface area (Å²) in [5, 5.41) is 6.09. The normalized spacial score (nSPS) is 13.2. The Kier molecular flexibility index (Phi) is 7.47. The maximum atomic E-state index is 11.7. The lowest BCUT2D eigenvalue weighted by atomic mass is 10.2. The Bertz CT molecular complexity index is 1240. The predicted molar refractivity (Wildman–Crippen MR) is 137 cm³/mol. The number of para-hydroxylation sites is 2. The van der Waals surface area contributed by atoms with E-state index in [2.05, 4.69) is 32.1 Å². The molecule has 1 aliphatic rings. The second-order valence-corrected chi connectivity index (χ2v) is 8.21. The number of nitrogens with zero attached hydrogens (tertiary/aromatic N) is 4. The van der Waals surface area contributed by atoms with Gasteiger partial charge >= 0.3 is 0 Å². The molecule has 0 spiro atoms. The van der Waals surface area contributed by atoms with Crippen LogP contribution in [-0.2, 0) is 9.59 Å². The second-order valence-electron chi connectivity index (χ2n) is 7.81. The zero-order valence-corrected chi connectivity index (χ0v) is 20.0. The molecule has 1 aromatic heterocycles.